The van der Waals surface area contributed by atoms with E-state index in [1.807, 2.05) is 62.4 Å². The summed E-state index contributed by atoms with van der Waals surface area (Å²) in [6.07, 6.45) is 0.822. The fraction of sp³-hybridized carbons (Fsp3) is 0.292. The van der Waals surface area contributed by atoms with Crippen LogP contribution in [0.25, 0.3) is 5.69 Å². The lowest BCUT2D eigenvalue weighted by Crippen LogP contribution is -2.34. The van der Waals surface area contributed by atoms with Gasteiger partial charge in [-0.2, -0.15) is 5.10 Å². The number of nitrogens with one attached hydrogen (secondary N) is 1. The van der Waals surface area contributed by atoms with Crippen LogP contribution in [0.4, 0.5) is 0 Å². The van der Waals surface area contributed by atoms with Crippen LogP contribution in [0.15, 0.2) is 59.4 Å². The lowest BCUT2D eigenvalue weighted by atomic mass is 10.0. The molecule has 2 heterocycles. The summed E-state index contributed by atoms with van der Waals surface area (Å²) >= 11 is 0. The average Bonchev–Trinajstić information content (AvgIpc) is 3.06. The SMILES string of the molecule is Cc1cc(=O)c(C(=O)NCCOc2cccc3c2OC(C)(C)C3)nn1-c1ccccc1. The zero-order valence-electron chi connectivity index (χ0n) is 17.8. The van der Waals surface area contributed by atoms with Crippen LogP contribution < -0.4 is 20.2 Å². The molecule has 31 heavy (non-hydrogen) atoms. The molecule has 7 nitrogen and oxygen atoms in total. The number of aryl methyl sites for hydroxylation is 1. The number of rotatable bonds is 6. The summed E-state index contributed by atoms with van der Waals surface area (Å²) in [5, 5.41) is 6.98. The summed E-state index contributed by atoms with van der Waals surface area (Å²) in [7, 11) is 0. The zero-order valence-corrected chi connectivity index (χ0v) is 17.8. The minimum absolute atomic E-state index is 0.153. The first kappa shape index (κ1) is 20.7. The molecule has 1 N–H and O–H groups in total. The fourth-order valence-electron chi connectivity index (χ4n) is 3.65. The number of nitrogens with zero attached hydrogens (tertiary/aromatic N) is 2. The Bertz CT molecular complexity index is 1170. The average molecular weight is 419 g/mol. The molecule has 0 fully saturated rings. The van der Waals surface area contributed by atoms with E-state index in [0.717, 1.165) is 23.4 Å². The summed E-state index contributed by atoms with van der Waals surface area (Å²) in [4.78, 5) is 24.9. The van der Waals surface area contributed by atoms with Crippen LogP contribution in [-0.2, 0) is 6.42 Å². The van der Waals surface area contributed by atoms with Crippen molar-refractivity contribution in [2.45, 2.75) is 32.8 Å². The largest absolute Gasteiger partial charge is 0.488 e. The summed E-state index contributed by atoms with van der Waals surface area (Å²) in [5.41, 5.74) is 1.71. The van der Waals surface area contributed by atoms with Crippen molar-refractivity contribution in [1.29, 1.82) is 0 Å². The Morgan fingerprint density at radius 3 is 2.74 bits per heavy atom. The van der Waals surface area contributed by atoms with Crippen LogP contribution >= 0.6 is 0 Å². The highest BCUT2D eigenvalue weighted by molar-refractivity contribution is 5.92. The molecule has 0 aliphatic carbocycles. The van der Waals surface area contributed by atoms with Crippen molar-refractivity contribution in [1.82, 2.24) is 15.1 Å². The Balaban J connectivity index is 1.41. The Labute approximate surface area is 180 Å². The third kappa shape index (κ3) is 4.45. The minimum atomic E-state index is -0.533. The van der Waals surface area contributed by atoms with E-state index in [1.54, 1.807) is 11.6 Å². The normalized spacial score (nSPS) is 13.9. The maximum absolute atomic E-state index is 12.6. The standard InChI is InChI=1S/C24H25N3O4/c1-16-14-19(28)21(26-27(16)18-9-5-4-6-10-18)23(29)25-12-13-30-20-11-7-8-17-15-24(2,3)31-22(17)20/h4-11,14H,12-13,15H2,1-3H3,(H,25,29). The second-order valence-corrected chi connectivity index (χ2v) is 8.13. The summed E-state index contributed by atoms with van der Waals surface area (Å²) < 4.78 is 13.4. The molecule has 2 aromatic carbocycles. The Morgan fingerprint density at radius 2 is 1.97 bits per heavy atom. The smallest absolute Gasteiger partial charge is 0.275 e. The molecule has 1 aliphatic heterocycles. The number of hydrogen-bond donors (Lipinski definition) is 1. The second-order valence-electron chi connectivity index (χ2n) is 8.13. The highest BCUT2D eigenvalue weighted by atomic mass is 16.5. The quantitative estimate of drug-likeness (QED) is 0.621. The molecule has 160 valence electrons. The van der Waals surface area contributed by atoms with Gasteiger partial charge in [-0.05, 0) is 39.0 Å². The van der Waals surface area contributed by atoms with E-state index in [0.29, 0.717) is 11.4 Å². The van der Waals surface area contributed by atoms with Crippen LogP contribution in [0.3, 0.4) is 0 Å². The number of benzene rings is 2. The van der Waals surface area contributed by atoms with Gasteiger partial charge in [0.1, 0.15) is 12.2 Å². The predicted molar refractivity (Wildman–Crippen MR) is 117 cm³/mol. The first-order valence-electron chi connectivity index (χ1n) is 10.2. The third-order valence-corrected chi connectivity index (χ3v) is 5.02. The molecule has 1 amide bonds. The number of carbonyl (C=O) groups is 1. The van der Waals surface area contributed by atoms with E-state index >= 15 is 0 Å². The van der Waals surface area contributed by atoms with Crippen LogP contribution in [-0.4, -0.2) is 34.4 Å². The van der Waals surface area contributed by atoms with E-state index in [9.17, 15) is 9.59 Å². The molecule has 0 saturated heterocycles. The number of para-hydroxylation sites is 2. The van der Waals surface area contributed by atoms with Gasteiger partial charge in [0.2, 0.25) is 5.43 Å². The van der Waals surface area contributed by atoms with Gasteiger partial charge in [0.15, 0.2) is 17.2 Å². The van der Waals surface area contributed by atoms with Gasteiger partial charge in [0.25, 0.3) is 5.91 Å². The minimum Gasteiger partial charge on any atom is -0.488 e. The Morgan fingerprint density at radius 1 is 1.19 bits per heavy atom. The van der Waals surface area contributed by atoms with Crippen molar-refractivity contribution >= 4 is 5.91 Å². The number of hydrogen-bond acceptors (Lipinski definition) is 5. The Hall–Kier alpha value is -3.61. The molecule has 0 saturated carbocycles. The van der Waals surface area contributed by atoms with Gasteiger partial charge in [-0.25, -0.2) is 4.68 Å². The topological polar surface area (TPSA) is 82.5 Å². The van der Waals surface area contributed by atoms with Gasteiger partial charge in [-0.15, -0.1) is 0 Å². The monoisotopic (exact) mass is 419 g/mol. The number of carbonyl (C=O) groups excluding carboxylic acids is 1. The zero-order chi connectivity index (χ0) is 22.0. The molecule has 7 heteroatoms. The van der Waals surface area contributed by atoms with Gasteiger partial charge < -0.3 is 14.8 Å². The molecule has 0 spiro atoms. The molecule has 4 rings (SSSR count). The van der Waals surface area contributed by atoms with Crippen molar-refractivity contribution in [3.05, 3.63) is 81.8 Å². The molecule has 0 bridgehead atoms. The molecule has 0 atom stereocenters. The van der Waals surface area contributed by atoms with E-state index in [4.69, 9.17) is 9.47 Å². The molecule has 1 aliphatic rings. The molecule has 0 radical (unpaired) electrons. The summed E-state index contributed by atoms with van der Waals surface area (Å²) in [6.45, 7) is 6.32. The van der Waals surface area contributed by atoms with Gasteiger partial charge in [0.05, 0.1) is 12.2 Å². The van der Waals surface area contributed by atoms with Gasteiger partial charge in [-0.1, -0.05) is 30.3 Å². The van der Waals surface area contributed by atoms with Crippen LogP contribution in [0.1, 0.15) is 35.6 Å². The van der Waals surface area contributed by atoms with Crippen molar-refractivity contribution in [2.75, 3.05) is 13.2 Å². The maximum Gasteiger partial charge on any atom is 0.275 e. The van der Waals surface area contributed by atoms with Crippen LogP contribution in [0.2, 0.25) is 0 Å². The fourth-order valence-corrected chi connectivity index (χ4v) is 3.65. The lowest BCUT2D eigenvalue weighted by Gasteiger charge is -2.18. The van der Waals surface area contributed by atoms with E-state index in [2.05, 4.69) is 10.4 Å². The first-order valence-corrected chi connectivity index (χ1v) is 10.2. The van der Waals surface area contributed by atoms with Crippen molar-refractivity contribution in [3.8, 4) is 17.2 Å². The Kier molecular flexibility index (Phi) is 5.50. The molecular formula is C24H25N3O4. The first-order chi connectivity index (χ1) is 14.8. The van der Waals surface area contributed by atoms with Gasteiger partial charge >= 0.3 is 0 Å². The highest BCUT2D eigenvalue weighted by Crippen LogP contribution is 2.41. The predicted octanol–water partition coefficient (Wildman–Crippen LogP) is 3.06. The lowest BCUT2D eigenvalue weighted by molar-refractivity contribution is 0.0938. The number of amides is 1. The third-order valence-electron chi connectivity index (χ3n) is 5.02. The van der Waals surface area contributed by atoms with Crippen LogP contribution in [0, 0.1) is 6.92 Å². The van der Waals surface area contributed by atoms with Crippen LogP contribution in [0.5, 0.6) is 11.5 Å². The maximum atomic E-state index is 12.6. The van der Waals surface area contributed by atoms with E-state index < -0.39 is 11.3 Å². The van der Waals surface area contributed by atoms with Gasteiger partial charge in [-0.3, -0.25) is 9.59 Å². The molecule has 3 aromatic rings. The van der Waals surface area contributed by atoms with Crippen molar-refractivity contribution in [2.24, 2.45) is 0 Å². The summed E-state index contributed by atoms with van der Waals surface area (Å²) in [5.74, 6) is 0.871. The number of aromatic nitrogens is 2. The van der Waals surface area contributed by atoms with E-state index in [-0.39, 0.29) is 24.4 Å². The van der Waals surface area contributed by atoms with Gasteiger partial charge in [0, 0.05) is 23.7 Å². The van der Waals surface area contributed by atoms with E-state index in [1.165, 1.54) is 6.07 Å². The molecular weight excluding hydrogens is 394 g/mol. The highest BCUT2D eigenvalue weighted by Gasteiger charge is 2.32. The molecule has 1 aromatic heterocycles. The second kappa shape index (κ2) is 8.26. The number of ether oxygens (including phenoxy) is 2. The molecule has 0 unspecified atom stereocenters. The summed E-state index contributed by atoms with van der Waals surface area (Å²) in [6, 6.07) is 16.6. The van der Waals surface area contributed by atoms with Crippen molar-refractivity contribution < 1.29 is 14.3 Å². The van der Waals surface area contributed by atoms with Crippen molar-refractivity contribution in [3.63, 3.8) is 0 Å². The number of fused-ring (bicyclic) bond motifs is 1.